The molecule has 1 aromatic rings. The van der Waals surface area contributed by atoms with Gasteiger partial charge in [0.25, 0.3) is 0 Å². The predicted molar refractivity (Wildman–Crippen MR) is 89.5 cm³/mol. The van der Waals surface area contributed by atoms with Crippen molar-refractivity contribution in [3.63, 3.8) is 0 Å². The zero-order valence-electron chi connectivity index (χ0n) is 13.9. The van der Waals surface area contributed by atoms with E-state index in [-0.39, 0.29) is 0 Å². The second-order valence-corrected chi connectivity index (χ2v) is 6.98. The molecule has 0 N–H and O–H groups in total. The second kappa shape index (κ2) is 7.14. The zero-order valence-corrected chi connectivity index (χ0v) is 13.9. The van der Waals surface area contributed by atoms with E-state index in [2.05, 4.69) is 17.9 Å². The summed E-state index contributed by atoms with van der Waals surface area (Å²) in [5.74, 6) is 1.69. The molecule has 2 aliphatic rings. The molecule has 1 atom stereocenters. The fraction of sp³-hybridized carbons (Fsp3) is 0.579. The highest BCUT2D eigenvalue weighted by molar-refractivity contribution is 5.76. The molecule has 1 heterocycles. The van der Waals surface area contributed by atoms with Gasteiger partial charge in [-0.3, -0.25) is 9.69 Å². The van der Waals surface area contributed by atoms with E-state index in [4.69, 9.17) is 5.26 Å². The first-order valence-electron chi connectivity index (χ1n) is 8.65. The molecule has 4 heteroatoms. The van der Waals surface area contributed by atoms with Crippen LogP contribution >= 0.6 is 0 Å². The first kappa shape index (κ1) is 16.0. The Morgan fingerprint density at radius 3 is 2.43 bits per heavy atom. The number of piperazine rings is 1. The maximum Gasteiger partial charge on any atom is 0.222 e. The van der Waals surface area contributed by atoms with Gasteiger partial charge in [0.05, 0.1) is 11.6 Å². The first-order valence-corrected chi connectivity index (χ1v) is 8.65. The van der Waals surface area contributed by atoms with E-state index < -0.39 is 0 Å². The summed E-state index contributed by atoms with van der Waals surface area (Å²) < 4.78 is 0. The topological polar surface area (TPSA) is 47.3 Å². The summed E-state index contributed by atoms with van der Waals surface area (Å²) in [6, 6.07) is 9.93. The van der Waals surface area contributed by atoms with Gasteiger partial charge in [0.15, 0.2) is 0 Å². The van der Waals surface area contributed by atoms with Gasteiger partial charge in [-0.1, -0.05) is 19.1 Å². The normalized spacial score (nSPS) is 20.1. The summed E-state index contributed by atoms with van der Waals surface area (Å²) in [4.78, 5) is 16.8. The maximum absolute atomic E-state index is 12.4. The highest BCUT2D eigenvalue weighted by Gasteiger charge is 2.31. The van der Waals surface area contributed by atoms with Crippen LogP contribution in [0.3, 0.4) is 0 Å². The minimum absolute atomic E-state index is 0.336. The van der Waals surface area contributed by atoms with Crippen molar-refractivity contribution in [2.75, 3.05) is 26.2 Å². The van der Waals surface area contributed by atoms with Gasteiger partial charge < -0.3 is 4.90 Å². The van der Waals surface area contributed by atoms with Crippen LogP contribution in [0.4, 0.5) is 0 Å². The Bertz CT molecular complexity index is 578. The van der Waals surface area contributed by atoms with Crippen LogP contribution in [-0.2, 0) is 11.3 Å². The number of benzene rings is 1. The molecule has 1 amide bonds. The number of nitriles is 1. The van der Waals surface area contributed by atoms with Crippen molar-refractivity contribution in [1.29, 1.82) is 5.26 Å². The lowest BCUT2D eigenvalue weighted by Gasteiger charge is -2.35. The quantitative estimate of drug-likeness (QED) is 0.840. The van der Waals surface area contributed by atoms with Crippen LogP contribution in [0.5, 0.6) is 0 Å². The number of carbonyl (C=O) groups is 1. The third kappa shape index (κ3) is 4.33. The van der Waals surface area contributed by atoms with E-state index in [0.29, 0.717) is 17.4 Å². The average molecular weight is 311 g/mol. The molecule has 1 aliphatic carbocycles. The predicted octanol–water partition coefficient (Wildman–Crippen LogP) is 2.64. The molecule has 23 heavy (non-hydrogen) atoms. The van der Waals surface area contributed by atoms with Crippen LogP contribution in [0.15, 0.2) is 24.3 Å². The molecule has 3 rings (SSSR count). The Morgan fingerprint density at radius 2 is 1.87 bits per heavy atom. The SMILES string of the molecule is CC(CC(=O)N1CCN(Cc2ccc(C#N)cc2)CC1)C1CC1. The van der Waals surface area contributed by atoms with Gasteiger partial charge in [-0.05, 0) is 42.4 Å². The maximum atomic E-state index is 12.4. The molecule has 0 aromatic heterocycles. The summed E-state index contributed by atoms with van der Waals surface area (Å²) in [5, 5.41) is 8.83. The summed E-state index contributed by atoms with van der Waals surface area (Å²) in [5.41, 5.74) is 1.93. The lowest BCUT2D eigenvalue weighted by atomic mass is 10.0. The Hall–Kier alpha value is -1.86. The van der Waals surface area contributed by atoms with Gasteiger partial charge in [0.2, 0.25) is 5.91 Å². The van der Waals surface area contributed by atoms with Gasteiger partial charge >= 0.3 is 0 Å². The van der Waals surface area contributed by atoms with E-state index in [1.54, 1.807) is 0 Å². The number of carbonyl (C=O) groups excluding carboxylic acids is 1. The summed E-state index contributed by atoms with van der Waals surface area (Å²) in [6.45, 7) is 6.66. The molecule has 122 valence electrons. The highest BCUT2D eigenvalue weighted by Crippen LogP contribution is 2.38. The van der Waals surface area contributed by atoms with Gasteiger partial charge in [-0.25, -0.2) is 0 Å². The number of hydrogen-bond donors (Lipinski definition) is 0. The lowest BCUT2D eigenvalue weighted by Crippen LogP contribution is -2.48. The monoisotopic (exact) mass is 311 g/mol. The van der Waals surface area contributed by atoms with Crippen molar-refractivity contribution in [1.82, 2.24) is 9.80 Å². The molecule has 1 aliphatic heterocycles. The molecule has 1 saturated carbocycles. The molecule has 0 bridgehead atoms. The molecule has 2 fully saturated rings. The fourth-order valence-electron chi connectivity index (χ4n) is 3.33. The lowest BCUT2D eigenvalue weighted by molar-refractivity contribution is -0.134. The van der Waals surface area contributed by atoms with E-state index in [1.807, 2.05) is 29.2 Å². The highest BCUT2D eigenvalue weighted by atomic mass is 16.2. The molecule has 0 radical (unpaired) electrons. The minimum Gasteiger partial charge on any atom is -0.340 e. The van der Waals surface area contributed by atoms with E-state index in [1.165, 1.54) is 18.4 Å². The Balaban J connectivity index is 1.44. The van der Waals surface area contributed by atoms with Gasteiger partial charge in [-0.15, -0.1) is 0 Å². The van der Waals surface area contributed by atoms with Gasteiger partial charge in [-0.2, -0.15) is 5.26 Å². The van der Waals surface area contributed by atoms with Crippen molar-refractivity contribution in [3.8, 4) is 6.07 Å². The minimum atomic E-state index is 0.336. The smallest absolute Gasteiger partial charge is 0.222 e. The molecule has 1 unspecified atom stereocenters. The Morgan fingerprint density at radius 1 is 1.22 bits per heavy atom. The number of nitrogens with zero attached hydrogens (tertiary/aromatic N) is 3. The third-order valence-corrected chi connectivity index (χ3v) is 5.14. The molecule has 4 nitrogen and oxygen atoms in total. The molecule has 1 aromatic carbocycles. The van der Waals surface area contributed by atoms with Crippen LogP contribution in [0.25, 0.3) is 0 Å². The third-order valence-electron chi connectivity index (χ3n) is 5.14. The molecule has 1 saturated heterocycles. The first-order chi connectivity index (χ1) is 11.2. The second-order valence-electron chi connectivity index (χ2n) is 6.98. The largest absolute Gasteiger partial charge is 0.340 e. The van der Waals surface area contributed by atoms with Crippen LogP contribution in [-0.4, -0.2) is 41.9 Å². The Labute approximate surface area is 138 Å². The van der Waals surface area contributed by atoms with E-state index in [0.717, 1.165) is 45.1 Å². The van der Waals surface area contributed by atoms with Crippen LogP contribution in [0, 0.1) is 23.2 Å². The van der Waals surface area contributed by atoms with Crippen LogP contribution in [0.1, 0.15) is 37.3 Å². The van der Waals surface area contributed by atoms with E-state index in [9.17, 15) is 4.79 Å². The van der Waals surface area contributed by atoms with Crippen molar-refractivity contribution < 1.29 is 4.79 Å². The van der Waals surface area contributed by atoms with Crippen molar-refractivity contribution >= 4 is 5.91 Å². The van der Waals surface area contributed by atoms with Crippen LogP contribution < -0.4 is 0 Å². The van der Waals surface area contributed by atoms with Crippen molar-refractivity contribution in [3.05, 3.63) is 35.4 Å². The van der Waals surface area contributed by atoms with Crippen molar-refractivity contribution in [2.24, 2.45) is 11.8 Å². The summed E-state index contributed by atoms with van der Waals surface area (Å²) in [7, 11) is 0. The number of hydrogen-bond acceptors (Lipinski definition) is 3. The number of rotatable bonds is 5. The zero-order chi connectivity index (χ0) is 16.2. The fourth-order valence-corrected chi connectivity index (χ4v) is 3.33. The molecular formula is C19H25N3O. The molecular weight excluding hydrogens is 286 g/mol. The standard InChI is InChI=1S/C19H25N3O/c1-15(18-6-7-18)12-19(23)22-10-8-21(9-11-22)14-17-4-2-16(13-20)3-5-17/h2-5,15,18H,6-12,14H2,1H3. The summed E-state index contributed by atoms with van der Waals surface area (Å²) >= 11 is 0. The molecule has 0 spiro atoms. The van der Waals surface area contributed by atoms with E-state index >= 15 is 0 Å². The van der Waals surface area contributed by atoms with Gasteiger partial charge in [0.1, 0.15) is 0 Å². The van der Waals surface area contributed by atoms with Gasteiger partial charge in [0, 0.05) is 39.1 Å². The number of amides is 1. The Kier molecular flexibility index (Phi) is 4.97. The van der Waals surface area contributed by atoms with Crippen LogP contribution in [0.2, 0.25) is 0 Å². The summed E-state index contributed by atoms with van der Waals surface area (Å²) in [6.07, 6.45) is 3.35. The average Bonchev–Trinajstić information content (AvgIpc) is 3.41. The van der Waals surface area contributed by atoms with Crippen molar-refractivity contribution in [2.45, 2.75) is 32.7 Å².